The van der Waals surface area contributed by atoms with Gasteiger partial charge < -0.3 is 0 Å². The van der Waals surface area contributed by atoms with Gasteiger partial charge in [0.2, 0.25) is 0 Å². The molecular formula is C12H12. The Balaban J connectivity index is 2.90. The molecule has 0 saturated carbocycles. The van der Waals surface area contributed by atoms with E-state index in [0.717, 1.165) is 0 Å². The van der Waals surface area contributed by atoms with Gasteiger partial charge in [-0.25, -0.2) is 0 Å². The van der Waals surface area contributed by atoms with Crippen molar-refractivity contribution in [1.82, 2.24) is 0 Å². The molecular weight excluding hydrogens is 144 g/mol. The Labute approximate surface area is 73.9 Å². The summed E-state index contributed by atoms with van der Waals surface area (Å²) in [5.74, 6) is 5.78. The van der Waals surface area contributed by atoms with Crippen LogP contribution in [0.4, 0.5) is 0 Å². The van der Waals surface area contributed by atoms with Crippen LogP contribution in [-0.2, 0) is 0 Å². The van der Waals surface area contributed by atoms with E-state index in [0.29, 0.717) is 0 Å². The van der Waals surface area contributed by atoms with E-state index in [4.69, 9.17) is 0 Å². The van der Waals surface area contributed by atoms with Gasteiger partial charge >= 0.3 is 0 Å². The van der Waals surface area contributed by atoms with Crippen LogP contribution in [0.25, 0.3) is 5.57 Å². The third kappa shape index (κ3) is 2.29. The molecule has 1 aromatic rings. The molecule has 0 aliphatic carbocycles. The lowest BCUT2D eigenvalue weighted by Gasteiger charge is -1.96. The highest BCUT2D eigenvalue weighted by Crippen LogP contribution is 2.11. The van der Waals surface area contributed by atoms with E-state index in [2.05, 4.69) is 30.9 Å². The van der Waals surface area contributed by atoms with Crippen LogP contribution in [0.5, 0.6) is 0 Å². The fourth-order valence-corrected chi connectivity index (χ4v) is 0.965. The van der Waals surface area contributed by atoms with Crippen LogP contribution < -0.4 is 0 Å². The Hall–Kier alpha value is -1.48. The van der Waals surface area contributed by atoms with Crippen molar-refractivity contribution in [3.05, 3.63) is 42.0 Å². The zero-order valence-corrected chi connectivity index (χ0v) is 7.46. The highest BCUT2D eigenvalue weighted by molar-refractivity contribution is 5.66. The molecule has 0 N–H and O–H groups in total. The maximum Gasteiger partial charge on any atom is -0.00235 e. The molecule has 0 radical (unpaired) electrons. The second-order valence-corrected chi connectivity index (χ2v) is 2.59. The Kier molecular flexibility index (Phi) is 3.17. The standard InChI is InChI=1S/C12H12/c1-3-4-8-11(2)12-9-6-5-7-10-12/h5-10H,1-2H3. The number of allylic oxidation sites excluding steroid dienone is 2. The van der Waals surface area contributed by atoms with E-state index >= 15 is 0 Å². The van der Waals surface area contributed by atoms with Crippen molar-refractivity contribution in [3.8, 4) is 11.8 Å². The molecule has 12 heavy (non-hydrogen) atoms. The predicted octanol–water partition coefficient (Wildman–Crippen LogP) is 3.11. The van der Waals surface area contributed by atoms with Crippen LogP contribution in [0.1, 0.15) is 19.4 Å². The van der Waals surface area contributed by atoms with E-state index in [9.17, 15) is 0 Å². The number of benzene rings is 1. The number of rotatable bonds is 1. The topological polar surface area (TPSA) is 0 Å². The van der Waals surface area contributed by atoms with Gasteiger partial charge in [-0.1, -0.05) is 36.3 Å². The lowest BCUT2D eigenvalue weighted by molar-refractivity contribution is 1.57. The van der Waals surface area contributed by atoms with Gasteiger partial charge in [0.05, 0.1) is 0 Å². The molecule has 0 aliphatic rings. The normalized spacial score (nSPS) is 10.3. The number of hydrogen-bond acceptors (Lipinski definition) is 0. The molecule has 1 aromatic carbocycles. The van der Waals surface area contributed by atoms with Crippen molar-refractivity contribution in [2.45, 2.75) is 13.8 Å². The Morgan fingerprint density at radius 1 is 1.25 bits per heavy atom. The SMILES string of the molecule is CC#CC=C(C)c1ccccc1. The van der Waals surface area contributed by atoms with E-state index in [1.54, 1.807) is 0 Å². The first-order valence-corrected chi connectivity index (χ1v) is 3.99. The summed E-state index contributed by atoms with van der Waals surface area (Å²) in [6, 6.07) is 10.3. The molecule has 0 spiro atoms. The van der Waals surface area contributed by atoms with Gasteiger partial charge in [0, 0.05) is 0 Å². The molecule has 0 nitrogen and oxygen atoms in total. The highest BCUT2D eigenvalue weighted by atomic mass is 13.9. The minimum absolute atomic E-state index is 1.21. The third-order valence-electron chi connectivity index (χ3n) is 1.66. The lowest BCUT2D eigenvalue weighted by atomic mass is 10.1. The van der Waals surface area contributed by atoms with Gasteiger partial charge in [0.25, 0.3) is 0 Å². The Bertz CT molecular complexity index is 320. The summed E-state index contributed by atoms with van der Waals surface area (Å²) in [6.07, 6.45) is 1.94. The first-order valence-electron chi connectivity index (χ1n) is 3.99. The van der Waals surface area contributed by atoms with Crippen LogP contribution in [0.15, 0.2) is 36.4 Å². The summed E-state index contributed by atoms with van der Waals surface area (Å²) < 4.78 is 0. The molecule has 0 aromatic heterocycles. The molecule has 0 fully saturated rings. The Morgan fingerprint density at radius 2 is 1.92 bits per heavy atom. The van der Waals surface area contributed by atoms with E-state index in [1.807, 2.05) is 31.2 Å². The summed E-state index contributed by atoms with van der Waals surface area (Å²) >= 11 is 0. The quantitative estimate of drug-likeness (QED) is 0.548. The van der Waals surface area contributed by atoms with E-state index in [-0.39, 0.29) is 0 Å². The van der Waals surface area contributed by atoms with Crippen LogP contribution in [0.2, 0.25) is 0 Å². The van der Waals surface area contributed by atoms with Crippen molar-refractivity contribution >= 4 is 5.57 Å². The van der Waals surface area contributed by atoms with Crippen molar-refractivity contribution in [2.24, 2.45) is 0 Å². The molecule has 0 atom stereocenters. The summed E-state index contributed by atoms with van der Waals surface area (Å²) in [5, 5.41) is 0. The van der Waals surface area contributed by atoms with Crippen molar-refractivity contribution < 1.29 is 0 Å². The van der Waals surface area contributed by atoms with Gasteiger partial charge in [-0.05, 0) is 31.1 Å². The number of hydrogen-bond donors (Lipinski definition) is 0. The van der Waals surface area contributed by atoms with E-state index in [1.165, 1.54) is 11.1 Å². The third-order valence-corrected chi connectivity index (χ3v) is 1.66. The molecule has 1 rings (SSSR count). The smallest absolute Gasteiger partial charge is 0.00235 e. The summed E-state index contributed by atoms with van der Waals surface area (Å²) in [4.78, 5) is 0. The minimum Gasteiger partial charge on any atom is -0.102 e. The maximum absolute atomic E-state index is 2.93. The summed E-state index contributed by atoms with van der Waals surface area (Å²) in [6.45, 7) is 3.91. The second kappa shape index (κ2) is 4.41. The largest absolute Gasteiger partial charge is 0.102 e. The molecule has 0 heteroatoms. The molecule has 0 bridgehead atoms. The molecule has 0 saturated heterocycles. The predicted molar refractivity (Wildman–Crippen MR) is 53.5 cm³/mol. The average molecular weight is 156 g/mol. The van der Waals surface area contributed by atoms with E-state index < -0.39 is 0 Å². The molecule has 0 amide bonds. The van der Waals surface area contributed by atoms with Crippen LogP contribution in [-0.4, -0.2) is 0 Å². The van der Waals surface area contributed by atoms with Gasteiger partial charge in [-0.3, -0.25) is 0 Å². The van der Waals surface area contributed by atoms with Gasteiger partial charge in [0.1, 0.15) is 0 Å². The van der Waals surface area contributed by atoms with Crippen molar-refractivity contribution in [2.75, 3.05) is 0 Å². The summed E-state index contributed by atoms with van der Waals surface area (Å²) in [5.41, 5.74) is 2.45. The first kappa shape index (κ1) is 8.62. The minimum atomic E-state index is 1.21. The Morgan fingerprint density at radius 3 is 2.50 bits per heavy atom. The summed E-state index contributed by atoms with van der Waals surface area (Å²) in [7, 11) is 0. The molecule has 60 valence electrons. The maximum atomic E-state index is 2.93. The second-order valence-electron chi connectivity index (χ2n) is 2.59. The zero-order valence-electron chi connectivity index (χ0n) is 7.46. The zero-order chi connectivity index (χ0) is 8.81. The molecule has 0 heterocycles. The highest BCUT2D eigenvalue weighted by Gasteiger charge is 1.90. The molecule has 0 unspecified atom stereocenters. The molecule has 0 aliphatic heterocycles. The first-order chi connectivity index (χ1) is 5.84. The van der Waals surface area contributed by atoms with Crippen LogP contribution in [0, 0.1) is 11.8 Å². The van der Waals surface area contributed by atoms with Crippen LogP contribution >= 0.6 is 0 Å². The average Bonchev–Trinajstić information content (AvgIpc) is 2.15. The fraction of sp³-hybridized carbons (Fsp3) is 0.167. The van der Waals surface area contributed by atoms with Gasteiger partial charge in [0.15, 0.2) is 0 Å². The monoisotopic (exact) mass is 156 g/mol. The van der Waals surface area contributed by atoms with Gasteiger partial charge in [-0.2, -0.15) is 0 Å². The van der Waals surface area contributed by atoms with Gasteiger partial charge in [-0.15, -0.1) is 5.92 Å². The fourth-order valence-electron chi connectivity index (χ4n) is 0.965. The van der Waals surface area contributed by atoms with Crippen molar-refractivity contribution in [3.63, 3.8) is 0 Å². The lowest BCUT2D eigenvalue weighted by Crippen LogP contribution is -1.76. The van der Waals surface area contributed by atoms with Crippen LogP contribution in [0.3, 0.4) is 0 Å². The van der Waals surface area contributed by atoms with Crippen molar-refractivity contribution in [1.29, 1.82) is 0 Å².